The first-order valence-corrected chi connectivity index (χ1v) is 6.23. The molecule has 1 aromatic rings. The summed E-state index contributed by atoms with van der Waals surface area (Å²) >= 11 is 0. The van der Waals surface area contributed by atoms with Gasteiger partial charge in [-0.1, -0.05) is 0 Å². The van der Waals surface area contributed by atoms with Crippen molar-refractivity contribution < 1.29 is 4.92 Å². The molecule has 1 aromatic heterocycles. The quantitative estimate of drug-likeness (QED) is 0.614. The van der Waals surface area contributed by atoms with Gasteiger partial charge in [-0.05, 0) is 44.8 Å². The predicted molar refractivity (Wildman–Crippen MR) is 69.7 cm³/mol. The largest absolute Gasteiger partial charge is 0.364 e. The first-order valence-electron chi connectivity index (χ1n) is 6.23. The molecule has 1 saturated heterocycles. The third-order valence-electron chi connectivity index (χ3n) is 3.22. The molecule has 18 heavy (non-hydrogen) atoms. The minimum Gasteiger partial charge on any atom is -0.364 e. The van der Waals surface area contributed by atoms with Crippen molar-refractivity contribution in [2.45, 2.75) is 19.8 Å². The molecular weight excluding hydrogens is 232 g/mol. The van der Waals surface area contributed by atoms with Crippen LogP contribution in [-0.2, 0) is 0 Å². The van der Waals surface area contributed by atoms with E-state index in [2.05, 4.69) is 15.6 Å². The number of rotatable bonds is 5. The van der Waals surface area contributed by atoms with Crippen molar-refractivity contribution in [2.75, 3.05) is 25.0 Å². The maximum Gasteiger partial charge on any atom is 0.311 e. The SMILES string of the molecule is Cc1ccc([N+](=O)[O-])c(NCCC2CCNC2)n1. The van der Waals surface area contributed by atoms with E-state index in [1.807, 2.05) is 6.92 Å². The average molecular weight is 250 g/mol. The second kappa shape index (κ2) is 5.77. The van der Waals surface area contributed by atoms with Crippen LogP contribution in [-0.4, -0.2) is 29.5 Å². The Morgan fingerprint density at radius 3 is 3.11 bits per heavy atom. The second-order valence-electron chi connectivity index (χ2n) is 4.65. The maximum atomic E-state index is 10.9. The van der Waals surface area contributed by atoms with Crippen LogP contribution in [0.1, 0.15) is 18.5 Å². The van der Waals surface area contributed by atoms with Crippen LogP contribution < -0.4 is 10.6 Å². The first kappa shape index (κ1) is 12.8. The number of aryl methyl sites for hydroxylation is 1. The zero-order valence-electron chi connectivity index (χ0n) is 10.5. The highest BCUT2D eigenvalue weighted by Crippen LogP contribution is 2.22. The van der Waals surface area contributed by atoms with Gasteiger partial charge in [0.2, 0.25) is 5.82 Å². The molecule has 1 atom stereocenters. The summed E-state index contributed by atoms with van der Waals surface area (Å²) in [5.41, 5.74) is 0.829. The summed E-state index contributed by atoms with van der Waals surface area (Å²) in [5.74, 6) is 1.05. The van der Waals surface area contributed by atoms with Gasteiger partial charge in [-0.25, -0.2) is 4.98 Å². The first-order chi connectivity index (χ1) is 8.66. The third-order valence-corrected chi connectivity index (χ3v) is 3.22. The van der Waals surface area contributed by atoms with E-state index in [4.69, 9.17) is 0 Å². The number of hydrogen-bond acceptors (Lipinski definition) is 5. The molecule has 6 heteroatoms. The Balaban J connectivity index is 1.94. The fourth-order valence-corrected chi connectivity index (χ4v) is 2.18. The van der Waals surface area contributed by atoms with Crippen molar-refractivity contribution in [2.24, 2.45) is 5.92 Å². The summed E-state index contributed by atoms with van der Waals surface area (Å²) in [4.78, 5) is 14.7. The molecule has 0 bridgehead atoms. The molecule has 1 aliphatic rings. The summed E-state index contributed by atoms with van der Waals surface area (Å²) in [6.45, 7) is 4.68. The minimum absolute atomic E-state index is 0.0464. The van der Waals surface area contributed by atoms with Gasteiger partial charge >= 0.3 is 5.69 Å². The van der Waals surface area contributed by atoms with Crippen molar-refractivity contribution in [3.63, 3.8) is 0 Å². The molecule has 1 aliphatic heterocycles. The summed E-state index contributed by atoms with van der Waals surface area (Å²) in [6, 6.07) is 3.16. The van der Waals surface area contributed by atoms with E-state index >= 15 is 0 Å². The Bertz CT molecular complexity index is 430. The van der Waals surface area contributed by atoms with Gasteiger partial charge in [-0.15, -0.1) is 0 Å². The number of nitrogens with one attached hydrogen (secondary N) is 2. The van der Waals surface area contributed by atoms with E-state index < -0.39 is 4.92 Å². The third kappa shape index (κ3) is 3.16. The van der Waals surface area contributed by atoms with Gasteiger partial charge in [-0.3, -0.25) is 10.1 Å². The van der Waals surface area contributed by atoms with Crippen molar-refractivity contribution in [3.8, 4) is 0 Å². The van der Waals surface area contributed by atoms with E-state index in [0.29, 0.717) is 11.7 Å². The molecule has 0 saturated carbocycles. The molecule has 0 radical (unpaired) electrons. The Kier molecular flexibility index (Phi) is 4.09. The normalized spacial score (nSPS) is 18.8. The van der Waals surface area contributed by atoms with Gasteiger partial charge in [0.25, 0.3) is 0 Å². The zero-order chi connectivity index (χ0) is 13.0. The summed E-state index contributed by atoms with van der Waals surface area (Å²) in [6.07, 6.45) is 2.20. The second-order valence-corrected chi connectivity index (χ2v) is 4.65. The van der Waals surface area contributed by atoms with Crippen LogP contribution >= 0.6 is 0 Å². The van der Waals surface area contributed by atoms with Crippen molar-refractivity contribution in [1.29, 1.82) is 0 Å². The number of pyridine rings is 1. The highest BCUT2D eigenvalue weighted by Gasteiger charge is 2.17. The average Bonchev–Trinajstić information content (AvgIpc) is 2.82. The lowest BCUT2D eigenvalue weighted by molar-refractivity contribution is -0.384. The molecule has 98 valence electrons. The standard InChI is InChI=1S/C12H18N4O2/c1-9-2-3-11(16(17)18)12(15-9)14-7-5-10-4-6-13-8-10/h2-3,10,13H,4-8H2,1H3,(H,14,15). The number of nitrogens with zero attached hydrogens (tertiary/aromatic N) is 2. The molecule has 6 nitrogen and oxygen atoms in total. The van der Waals surface area contributed by atoms with Gasteiger partial charge in [0.15, 0.2) is 0 Å². The monoisotopic (exact) mass is 250 g/mol. The lowest BCUT2D eigenvalue weighted by Crippen LogP contribution is -2.14. The van der Waals surface area contributed by atoms with Crippen molar-refractivity contribution >= 4 is 11.5 Å². The number of nitro groups is 1. The molecule has 2 rings (SSSR count). The van der Waals surface area contributed by atoms with Crippen LogP contribution in [0, 0.1) is 23.0 Å². The number of hydrogen-bond donors (Lipinski definition) is 2. The fraction of sp³-hybridized carbons (Fsp3) is 0.583. The van der Waals surface area contributed by atoms with Crippen LogP contribution in [0.2, 0.25) is 0 Å². The van der Waals surface area contributed by atoms with Crippen LogP contribution in [0.4, 0.5) is 11.5 Å². The zero-order valence-corrected chi connectivity index (χ0v) is 10.5. The summed E-state index contributed by atoms with van der Waals surface area (Å²) < 4.78 is 0. The minimum atomic E-state index is -0.397. The van der Waals surface area contributed by atoms with Gasteiger partial charge in [0.1, 0.15) is 0 Å². The van der Waals surface area contributed by atoms with E-state index in [1.54, 1.807) is 6.07 Å². The Morgan fingerprint density at radius 2 is 2.44 bits per heavy atom. The Labute approximate surface area is 106 Å². The number of aromatic nitrogens is 1. The van der Waals surface area contributed by atoms with Gasteiger partial charge in [0, 0.05) is 18.3 Å². The van der Waals surface area contributed by atoms with Crippen LogP contribution in [0.5, 0.6) is 0 Å². The molecule has 0 spiro atoms. The van der Waals surface area contributed by atoms with E-state index in [-0.39, 0.29) is 5.69 Å². The lowest BCUT2D eigenvalue weighted by Gasteiger charge is -2.10. The number of anilines is 1. The molecule has 0 amide bonds. The molecule has 2 heterocycles. The van der Waals surface area contributed by atoms with Crippen LogP contribution in [0.3, 0.4) is 0 Å². The Morgan fingerprint density at radius 1 is 1.61 bits per heavy atom. The highest BCUT2D eigenvalue weighted by atomic mass is 16.6. The molecule has 0 aliphatic carbocycles. The molecular formula is C12H18N4O2. The topological polar surface area (TPSA) is 80.1 Å². The van der Waals surface area contributed by atoms with E-state index in [0.717, 1.165) is 31.7 Å². The van der Waals surface area contributed by atoms with Crippen LogP contribution in [0.25, 0.3) is 0 Å². The van der Waals surface area contributed by atoms with Gasteiger partial charge in [0.05, 0.1) is 4.92 Å². The highest BCUT2D eigenvalue weighted by molar-refractivity contribution is 5.55. The van der Waals surface area contributed by atoms with Gasteiger partial charge < -0.3 is 10.6 Å². The maximum absolute atomic E-state index is 10.9. The van der Waals surface area contributed by atoms with Gasteiger partial charge in [-0.2, -0.15) is 0 Å². The van der Waals surface area contributed by atoms with Crippen molar-refractivity contribution in [3.05, 3.63) is 27.9 Å². The summed E-state index contributed by atoms with van der Waals surface area (Å²) in [7, 11) is 0. The van der Waals surface area contributed by atoms with E-state index in [9.17, 15) is 10.1 Å². The fourth-order valence-electron chi connectivity index (χ4n) is 2.18. The predicted octanol–water partition coefficient (Wildman–Crippen LogP) is 1.71. The molecule has 1 fully saturated rings. The molecule has 0 aromatic carbocycles. The Hall–Kier alpha value is -1.69. The molecule has 1 unspecified atom stereocenters. The lowest BCUT2D eigenvalue weighted by atomic mass is 10.1. The smallest absolute Gasteiger partial charge is 0.311 e. The van der Waals surface area contributed by atoms with Crippen molar-refractivity contribution in [1.82, 2.24) is 10.3 Å². The van der Waals surface area contributed by atoms with E-state index in [1.165, 1.54) is 12.5 Å². The van der Waals surface area contributed by atoms with Crippen LogP contribution in [0.15, 0.2) is 12.1 Å². The summed E-state index contributed by atoms with van der Waals surface area (Å²) in [5, 5.41) is 17.3. The molecule has 2 N–H and O–H groups in total.